The molecular weight excluding hydrogens is 252 g/mol. The molecule has 2 aromatic rings. The minimum atomic E-state index is -0.495. The van der Waals surface area contributed by atoms with Crippen LogP contribution in [0.2, 0.25) is 0 Å². The Hall–Kier alpha value is -2.14. The number of hydrogen-bond donors (Lipinski definition) is 3. The molecule has 19 heavy (non-hydrogen) atoms. The molecule has 2 rings (SSSR count). The Balaban J connectivity index is 1.98. The lowest BCUT2D eigenvalue weighted by Gasteiger charge is -2.08. The van der Waals surface area contributed by atoms with Gasteiger partial charge in [0.2, 0.25) is 0 Å². The van der Waals surface area contributed by atoms with E-state index in [0.717, 1.165) is 18.2 Å². The van der Waals surface area contributed by atoms with Gasteiger partial charge in [0, 0.05) is 30.3 Å². The molecule has 0 unspecified atom stereocenters. The van der Waals surface area contributed by atoms with E-state index >= 15 is 0 Å². The SMILES string of the molecule is Oc1ccc(CNCc2cc(F)ccc2F)c(O)c1. The van der Waals surface area contributed by atoms with Crippen LogP contribution in [0.3, 0.4) is 0 Å². The summed E-state index contributed by atoms with van der Waals surface area (Å²) in [4.78, 5) is 0. The fourth-order valence-corrected chi connectivity index (χ4v) is 1.71. The smallest absolute Gasteiger partial charge is 0.127 e. The van der Waals surface area contributed by atoms with Crippen LogP contribution in [0.25, 0.3) is 0 Å². The summed E-state index contributed by atoms with van der Waals surface area (Å²) < 4.78 is 26.3. The van der Waals surface area contributed by atoms with Crippen molar-refractivity contribution >= 4 is 0 Å². The lowest BCUT2D eigenvalue weighted by atomic mass is 10.1. The number of phenols is 2. The molecule has 5 heteroatoms. The zero-order valence-electron chi connectivity index (χ0n) is 10.0. The minimum absolute atomic E-state index is 0.0302. The van der Waals surface area contributed by atoms with Gasteiger partial charge in [-0.1, -0.05) is 6.07 Å². The fourth-order valence-electron chi connectivity index (χ4n) is 1.71. The van der Waals surface area contributed by atoms with E-state index in [1.165, 1.54) is 12.1 Å². The van der Waals surface area contributed by atoms with Gasteiger partial charge >= 0.3 is 0 Å². The molecule has 0 bridgehead atoms. The first kappa shape index (κ1) is 13.3. The third-order valence-corrected chi connectivity index (χ3v) is 2.71. The quantitative estimate of drug-likeness (QED) is 0.796. The van der Waals surface area contributed by atoms with Crippen LogP contribution in [-0.4, -0.2) is 10.2 Å². The summed E-state index contributed by atoms with van der Waals surface area (Å²) in [6, 6.07) is 7.48. The van der Waals surface area contributed by atoms with Gasteiger partial charge in [-0.25, -0.2) is 8.78 Å². The number of phenolic OH excluding ortho intramolecular Hbond substituents is 2. The second kappa shape index (κ2) is 5.67. The maximum Gasteiger partial charge on any atom is 0.127 e. The lowest BCUT2D eigenvalue weighted by Crippen LogP contribution is -2.14. The van der Waals surface area contributed by atoms with Crippen LogP contribution in [0.4, 0.5) is 8.78 Å². The molecule has 0 atom stereocenters. The van der Waals surface area contributed by atoms with Crippen LogP contribution in [0.5, 0.6) is 11.5 Å². The molecule has 0 saturated heterocycles. The van der Waals surface area contributed by atoms with Crippen molar-refractivity contribution in [1.82, 2.24) is 5.32 Å². The maximum atomic E-state index is 13.3. The van der Waals surface area contributed by atoms with Gasteiger partial charge in [0.05, 0.1) is 0 Å². The zero-order valence-corrected chi connectivity index (χ0v) is 10.0. The van der Waals surface area contributed by atoms with Crippen molar-refractivity contribution in [2.45, 2.75) is 13.1 Å². The Kier molecular flexibility index (Phi) is 3.97. The molecular formula is C14H13F2NO2. The van der Waals surface area contributed by atoms with Crippen LogP contribution in [0, 0.1) is 11.6 Å². The van der Waals surface area contributed by atoms with Gasteiger partial charge < -0.3 is 15.5 Å². The third kappa shape index (κ3) is 3.42. The van der Waals surface area contributed by atoms with E-state index in [2.05, 4.69) is 5.32 Å². The largest absolute Gasteiger partial charge is 0.508 e. The molecule has 0 heterocycles. The minimum Gasteiger partial charge on any atom is -0.508 e. The molecule has 0 fully saturated rings. The highest BCUT2D eigenvalue weighted by Gasteiger charge is 2.05. The molecule has 3 N–H and O–H groups in total. The van der Waals surface area contributed by atoms with Crippen molar-refractivity contribution in [3.05, 3.63) is 59.2 Å². The monoisotopic (exact) mass is 265 g/mol. The van der Waals surface area contributed by atoms with Crippen molar-refractivity contribution in [3.63, 3.8) is 0 Å². The lowest BCUT2D eigenvalue weighted by molar-refractivity contribution is 0.443. The first-order valence-electron chi connectivity index (χ1n) is 5.72. The summed E-state index contributed by atoms with van der Waals surface area (Å²) in [5.74, 6) is -1.06. The molecule has 0 radical (unpaired) electrons. The highest BCUT2D eigenvalue weighted by molar-refractivity contribution is 5.38. The van der Waals surface area contributed by atoms with Crippen molar-refractivity contribution in [2.75, 3.05) is 0 Å². The number of aromatic hydroxyl groups is 2. The summed E-state index contributed by atoms with van der Waals surface area (Å²) in [5.41, 5.74) is 0.785. The van der Waals surface area contributed by atoms with Gasteiger partial charge in [-0.15, -0.1) is 0 Å². The van der Waals surface area contributed by atoms with E-state index < -0.39 is 11.6 Å². The Labute approximate surface area is 109 Å². The topological polar surface area (TPSA) is 52.5 Å². The highest BCUT2D eigenvalue weighted by Crippen LogP contribution is 2.22. The third-order valence-electron chi connectivity index (χ3n) is 2.71. The Morgan fingerprint density at radius 2 is 1.63 bits per heavy atom. The summed E-state index contributed by atoms with van der Waals surface area (Å²) in [7, 11) is 0. The Bertz CT molecular complexity index is 588. The number of hydrogen-bond acceptors (Lipinski definition) is 3. The van der Waals surface area contributed by atoms with E-state index in [1.807, 2.05) is 0 Å². The van der Waals surface area contributed by atoms with Gasteiger partial charge in [0.25, 0.3) is 0 Å². The molecule has 3 nitrogen and oxygen atoms in total. The number of halogens is 2. The second-order valence-corrected chi connectivity index (χ2v) is 4.15. The van der Waals surface area contributed by atoms with Crippen molar-refractivity contribution < 1.29 is 19.0 Å². The van der Waals surface area contributed by atoms with Crippen LogP contribution < -0.4 is 5.32 Å². The van der Waals surface area contributed by atoms with Crippen molar-refractivity contribution in [2.24, 2.45) is 0 Å². The molecule has 0 aliphatic rings. The molecule has 100 valence electrons. The maximum absolute atomic E-state index is 13.3. The first-order chi connectivity index (χ1) is 9.06. The molecule has 2 aromatic carbocycles. The van der Waals surface area contributed by atoms with E-state index in [-0.39, 0.29) is 30.2 Å². The number of nitrogens with one attached hydrogen (secondary N) is 1. The van der Waals surface area contributed by atoms with Crippen LogP contribution in [-0.2, 0) is 13.1 Å². The summed E-state index contributed by atoms with van der Waals surface area (Å²) in [5, 5.41) is 21.6. The van der Waals surface area contributed by atoms with Crippen molar-refractivity contribution in [1.29, 1.82) is 0 Å². The van der Waals surface area contributed by atoms with E-state index in [9.17, 15) is 13.9 Å². The molecule has 0 amide bonds. The highest BCUT2D eigenvalue weighted by atomic mass is 19.1. The average Bonchev–Trinajstić information content (AvgIpc) is 2.36. The van der Waals surface area contributed by atoms with Gasteiger partial charge in [-0.05, 0) is 24.3 Å². The van der Waals surface area contributed by atoms with E-state index in [4.69, 9.17) is 5.11 Å². The van der Waals surface area contributed by atoms with Gasteiger partial charge in [-0.2, -0.15) is 0 Å². The Morgan fingerprint density at radius 1 is 0.895 bits per heavy atom. The summed E-state index contributed by atoms with van der Waals surface area (Å²) >= 11 is 0. The molecule has 0 saturated carbocycles. The molecule has 0 spiro atoms. The van der Waals surface area contributed by atoms with Gasteiger partial charge in [-0.3, -0.25) is 0 Å². The van der Waals surface area contributed by atoms with Gasteiger partial charge in [0.1, 0.15) is 23.1 Å². The van der Waals surface area contributed by atoms with Crippen LogP contribution in [0.15, 0.2) is 36.4 Å². The summed E-state index contributed by atoms with van der Waals surface area (Å²) in [6.45, 7) is 0.423. The average molecular weight is 265 g/mol. The van der Waals surface area contributed by atoms with Crippen LogP contribution in [0.1, 0.15) is 11.1 Å². The normalized spacial score (nSPS) is 10.6. The number of rotatable bonds is 4. The predicted molar refractivity (Wildman–Crippen MR) is 66.7 cm³/mol. The Morgan fingerprint density at radius 3 is 2.37 bits per heavy atom. The molecule has 0 aliphatic heterocycles. The standard InChI is InChI=1S/C14H13F2NO2/c15-11-2-4-13(16)10(5-11)8-17-7-9-1-3-12(18)6-14(9)19/h1-6,17-19H,7-8H2. The second-order valence-electron chi connectivity index (χ2n) is 4.15. The van der Waals surface area contributed by atoms with E-state index in [1.54, 1.807) is 6.07 Å². The van der Waals surface area contributed by atoms with E-state index in [0.29, 0.717) is 5.56 Å². The zero-order chi connectivity index (χ0) is 13.8. The van der Waals surface area contributed by atoms with Crippen molar-refractivity contribution in [3.8, 4) is 11.5 Å². The predicted octanol–water partition coefficient (Wildman–Crippen LogP) is 2.67. The van der Waals surface area contributed by atoms with Crippen LogP contribution >= 0.6 is 0 Å². The first-order valence-corrected chi connectivity index (χ1v) is 5.72. The molecule has 0 aliphatic carbocycles. The fraction of sp³-hybridized carbons (Fsp3) is 0.143. The number of benzene rings is 2. The summed E-state index contributed by atoms with van der Waals surface area (Å²) in [6.07, 6.45) is 0. The van der Waals surface area contributed by atoms with Gasteiger partial charge in [0.15, 0.2) is 0 Å². The molecule has 0 aromatic heterocycles.